The number of nitrogens with zero attached hydrogens (tertiary/aromatic N) is 5. The molecule has 3 aromatic rings. The first-order valence-electron chi connectivity index (χ1n) is 17.3. The third-order valence-electron chi connectivity index (χ3n) is 9.49. The molecule has 0 unspecified atom stereocenters. The highest BCUT2D eigenvalue weighted by atomic mass is 32.2. The number of hydrogen-bond donors (Lipinski definition) is 4. The van der Waals surface area contributed by atoms with E-state index in [0.29, 0.717) is 24.1 Å². The number of thioether (sulfide) groups is 1. The number of hydrogen-bond acceptors (Lipinski definition) is 11. The summed E-state index contributed by atoms with van der Waals surface area (Å²) in [6.07, 6.45) is 8.69. The summed E-state index contributed by atoms with van der Waals surface area (Å²) >= 11 is 2.39. The molecule has 1 saturated carbocycles. The van der Waals surface area contributed by atoms with Crippen LogP contribution in [0.2, 0.25) is 0 Å². The number of fused-ring (bicyclic) bond motifs is 1. The number of carboxylic acids is 1. The van der Waals surface area contributed by atoms with Gasteiger partial charge >= 0.3 is 5.97 Å². The average Bonchev–Trinajstić information content (AvgIpc) is 3.92. The van der Waals surface area contributed by atoms with Crippen LogP contribution in [0.1, 0.15) is 43.4 Å². The van der Waals surface area contributed by atoms with Crippen LogP contribution in [0.15, 0.2) is 76.2 Å². The normalized spacial score (nSPS) is 20.8. The first-order valence-corrected chi connectivity index (χ1v) is 19.3. The predicted octanol–water partition coefficient (Wildman–Crippen LogP) is 2.69. The smallest absolute Gasteiger partial charge is 0.352 e. The minimum Gasteiger partial charge on any atom is -0.477 e. The Balaban J connectivity index is 0.977. The number of amides is 4. The monoisotopic (exact) mass is 793 g/mol. The number of carboxylic acid groups (broad SMARTS) is 1. The van der Waals surface area contributed by atoms with E-state index >= 15 is 0 Å². The Bertz CT molecular complexity index is 2150. The first-order chi connectivity index (χ1) is 26.4. The van der Waals surface area contributed by atoms with Crippen molar-refractivity contribution in [2.24, 2.45) is 5.16 Å². The Morgan fingerprint density at radius 3 is 2.58 bits per heavy atom. The van der Waals surface area contributed by atoms with Crippen LogP contribution in [0.25, 0.3) is 0 Å². The van der Waals surface area contributed by atoms with Gasteiger partial charge in [-0.1, -0.05) is 5.16 Å². The zero-order chi connectivity index (χ0) is 38.8. The molecule has 2 atom stereocenters. The highest BCUT2D eigenvalue weighted by Crippen LogP contribution is 2.41. The van der Waals surface area contributed by atoms with Crippen LogP contribution in [0.3, 0.4) is 0 Å². The van der Waals surface area contributed by atoms with E-state index in [0.717, 1.165) is 59.6 Å². The Morgan fingerprint density at radius 2 is 1.89 bits per heavy atom. The molecule has 1 aliphatic carbocycles. The van der Waals surface area contributed by atoms with Gasteiger partial charge < -0.3 is 31.2 Å². The second kappa shape index (κ2) is 16.0. The van der Waals surface area contributed by atoms with Crippen molar-refractivity contribution in [1.29, 1.82) is 0 Å². The van der Waals surface area contributed by atoms with Crippen molar-refractivity contribution < 1.29 is 47.3 Å². The Hall–Kier alpha value is -5.69. The number of benzene rings is 1. The maximum atomic E-state index is 13.5. The molecule has 1 aromatic carbocycles. The first kappa shape index (κ1) is 37.6. The lowest BCUT2D eigenvalue weighted by atomic mass is 10.0. The van der Waals surface area contributed by atoms with Gasteiger partial charge in [0.2, 0.25) is 12.5 Å². The molecule has 286 valence electrons. The number of anilines is 2. The van der Waals surface area contributed by atoms with Crippen molar-refractivity contribution >= 4 is 69.2 Å². The quantitative estimate of drug-likeness (QED) is 0.0695. The fraction of sp³-hybridized carbons (Fsp3) is 0.333. The van der Waals surface area contributed by atoms with Crippen LogP contribution >= 0.6 is 23.1 Å². The molecule has 19 heteroatoms. The molecule has 2 aromatic heterocycles. The minimum atomic E-state index is -1.33. The third kappa shape index (κ3) is 8.21. The molecule has 0 bridgehead atoms. The lowest BCUT2D eigenvalue weighted by Gasteiger charge is -2.49. The van der Waals surface area contributed by atoms with Gasteiger partial charge in [0.05, 0.1) is 0 Å². The fourth-order valence-corrected chi connectivity index (χ4v) is 8.56. The predicted molar refractivity (Wildman–Crippen MR) is 196 cm³/mol. The molecule has 5 heterocycles. The minimum absolute atomic E-state index is 0.0892. The summed E-state index contributed by atoms with van der Waals surface area (Å²) in [6, 6.07) is 5.54. The highest BCUT2D eigenvalue weighted by Gasteiger charge is 2.54. The molecule has 7 rings (SSSR count). The van der Waals surface area contributed by atoms with Gasteiger partial charge in [0, 0.05) is 53.7 Å². The molecular weight excluding hydrogens is 759 g/mol. The molecule has 0 spiro atoms. The number of likely N-dealkylation sites (tertiary alicyclic amines) is 1. The zero-order valence-corrected chi connectivity index (χ0v) is 30.7. The maximum Gasteiger partial charge on any atom is 0.352 e. The van der Waals surface area contributed by atoms with Crippen molar-refractivity contribution in [2.45, 2.75) is 62.7 Å². The number of nitrogens with two attached hydrogens (primary N) is 1. The third-order valence-corrected chi connectivity index (χ3v) is 11.5. The molecule has 2 saturated heterocycles. The van der Waals surface area contributed by atoms with E-state index in [-0.39, 0.29) is 58.8 Å². The second-order valence-electron chi connectivity index (χ2n) is 13.3. The summed E-state index contributed by atoms with van der Waals surface area (Å²) in [5, 5.41) is 20.6. The lowest BCUT2D eigenvalue weighted by molar-refractivity contribution is -0.684. The Labute approximate surface area is 320 Å². The van der Waals surface area contributed by atoms with Crippen LogP contribution < -0.4 is 20.9 Å². The molecule has 55 heavy (non-hydrogen) atoms. The molecule has 3 fully saturated rings. The summed E-state index contributed by atoms with van der Waals surface area (Å²) < 4.78 is 28.2. The largest absolute Gasteiger partial charge is 0.477 e. The number of aliphatic carboxylic acids is 1. The number of nitrogen functional groups attached to an aromatic ring is 1. The number of nitrogens with one attached hydrogen (secondary N) is 2. The highest BCUT2D eigenvalue weighted by molar-refractivity contribution is 8.00. The van der Waals surface area contributed by atoms with Crippen molar-refractivity contribution in [3.63, 3.8) is 0 Å². The fourth-order valence-electron chi connectivity index (χ4n) is 6.71. The van der Waals surface area contributed by atoms with Gasteiger partial charge in [-0.3, -0.25) is 24.1 Å². The number of thiazole rings is 1. The Morgan fingerprint density at radius 1 is 1.13 bits per heavy atom. The van der Waals surface area contributed by atoms with E-state index in [2.05, 4.69) is 20.8 Å². The van der Waals surface area contributed by atoms with Crippen LogP contribution in [0.4, 0.5) is 19.6 Å². The van der Waals surface area contributed by atoms with Crippen LogP contribution in [-0.2, 0) is 41.9 Å². The molecule has 5 N–H and O–H groups in total. The number of aromatic nitrogens is 2. The molecule has 4 aliphatic rings. The van der Waals surface area contributed by atoms with Crippen molar-refractivity contribution in [1.82, 2.24) is 20.1 Å². The van der Waals surface area contributed by atoms with E-state index < -0.39 is 46.7 Å². The van der Waals surface area contributed by atoms with E-state index in [9.17, 15) is 37.9 Å². The summed E-state index contributed by atoms with van der Waals surface area (Å²) in [7, 11) is 0. The van der Waals surface area contributed by atoms with E-state index in [1.54, 1.807) is 39.4 Å². The van der Waals surface area contributed by atoms with E-state index in [4.69, 9.17) is 10.6 Å². The Kier molecular flexibility index (Phi) is 10.9. The van der Waals surface area contributed by atoms with E-state index in [1.165, 1.54) is 23.9 Å². The van der Waals surface area contributed by atoms with Gasteiger partial charge in [-0.25, -0.2) is 18.6 Å². The number of carbonyl (C=O) groups is 5. The average molecular weight is 794 g/mol. The standard InChI is InChI=1S/C36H34F2N8O7S2/c37-24-6-5-22(14-25(24)38)40-27(47)16-44-10-7-19(8-11-44)15-45-12-9-20(32(45)49)13-21-17-54-34-29(33(50)46(34)30(21)35(51)52)42-31(48)28(26-18-55-36(39)41-26)43-53-23-3-1-2-4-23/h5-8,10-11,13-14,18,23,29,34H,1-4,9,12,15-17H2,(H4-,39,40,41,42,47,48,51,52)/p+1/b20-13+,43-28-/t29-,34-/m1/s1. The van der Waals surface area contributed by atoms with Gasteiger partial charge in [-0.2, -0.15) is 4.57 Å². The zero-order valence-electron chi connectivity index (χ0n) is 29.1. The number of pyridine rings is 1. The lowest BCUT2D eigenvalue weighted by Crippen LogP contribution is -2.71. The van der Waals surface area contributed by atoms with E-state index in [1.807, 2.05) is 0 Å². The van der Waals surface area contributed by atoms with Gasteiger partial charge in [-0.05, 0) is 61.4 Å². The molecular formula is C36H35F2N8O7S2+. The summed E-state index contributed by atoms with van der Waals surface area (Å²) in [4.78, 5) is 77.7. The number of carbonyl (C=O) groups excluding carboxylic acids is 4. The number of rotatable bonds is 12. The van der Waals surface area contributed by atoms with Crippen molar-refractivity contribution in [3.05, 3.63) is 93.9 Å². The number of halogens is 2. The molecule has 0 radical (unpaired) electrons. The van der Waals surface area contributed by atoms with Crippen LogP contribution in [-0.4, -0.2) is 85.0 Å². The van der Waals surface area contributed by atoms with Gasteiger partial charge in [0.1, 0.15) is 28.9 Å². The number of oxime groups is 1. The number of β-lactam (4-membered cyclic amide) rings is 1. The van der Waals surface area contributed by atoms with Crippen molar-refractivity contribution in [2.75, 3.05) is 23.3 Å². The second-order valence-corrected chi connectivity index (χ2v) is 15.3. The number of allylic oxidation sites excluding steroid dienone is 1. The van der Waals surface area contributed by atoms with Gasteiger partial charge in [-0.15, -0.1) is 23.1 Å². The van der Waals surface area contributed by atoms with Gasteiger partial charge in [0.15, 0.2) is 34.9 Å². The topological polar surface area (TPSA) is 200 Å². The summed E-state index contributed by atoms with van der Waals surface area (Å²) in [6.45, 7) is 0.557. The molecule has 15 nitrogen and oxygen atoms in total. The molecule has 3 aliphatic heterocycles. The molecule has 4 amide bonds. The maximum absolute atomic E-state index is 13.5. The van der Waals surface area contributed by atoms with Crippen LogP contribution in [0, 0.1) is 11.6 Å². The van der Waals surface area contributed by atoms with Gasteiger partial charge in [0.25, 0.3) is 17.7 Å². The summed E-state index contributed by atoms with van der Waals surface area (Å²) in [5.74, 6) is -5.29. The van der Waals surface area contributed by atoms with Crippen LogP contribution in [0.5, 0.6) is 0 Å². The summed E-state index contributed by atoms with van der Waals surface area (Å²) in [5.41, 5.74) is 7.23. The SMILES string of the molecule is Nc1nc(/C(=N/OC2CCCC2)C(=O)N[C@@H]2C(=O)N3C(C(=O)O)=C(/C=C4\CCN(Cc5cc[n+](CC(=O)Nc6ccc(F)c(F)c6)cc5)C4=O)CS[C@H]23)cs1. The van der Waals surface area contributed by atoms with Crippen molar-refractivity contribution in [3.8, 4) is 0 Å².